The maximum absolute atomic E-state index is 13.0. The van der Waals surface area contributed by atoms with Crippen LogP contribution in [0.4, 0.5) is 10.1 Å². The third kappa shape index (κ3) is 4.49. The number of hydrogen-bond acceptors (Lipinski definition) is 3. The number of likely N-dealkylation sites (tertiary alicyclic amines) is 1. The molecule has 1 saturated heterocycles. The molecule has 2 atom stereocenters. The summed E-state index contributed by atoms with van der Waals surface area (Å²) in [5.41, 5.74) is 4.85. The Morgan fingerprint density at radius 2 is 1.93 bits per heavy atom. The SMILES string of the molecule is CCN1c2ccc(C)cc2[C@H]2CN(CCCC(=O)c3ccc(F)cc3)CC[C@H]21.Cl. The van der Waals surface area contributed by atoms with Crippen LogP contribution in [0, 0.1) is 12.7 Å². The maximum atomic E-state index is 13.0. The highest BCUT2D eigenvalue weighted by molar-refractivity contribution is 5.95. The number of halogens is 2. The molecular formula is C24H30ClFN2O. The van der Waals surface area contributed by atoms with Crippen molar-refractivity contribution in [3.8, 4) is 0 Å². The van der Waals surface area contributed by atoms with Gasteiger partial charge in [-0.05, 0) is 69.1 Å². The van der Waals surface area contributed by atoms with Crippen molar-refractivity contribution in [3.63, 3.8) is 0 Å². The largest absolute Gasteiger partial charge is 0.368 e. The highest BCUT2D eigenvalue weighted by Gasteiger charge is 2.40. The fraction of sp³-hybridized carbons (Fsp3) is 0.458. The molecule has 0 aliphatic carbocycles. The molecule has 2 aromatic carbocycles. The van der Waals surface area contributed by atoms with E-state index >= 15 is 0 Å². The average molecular weight is 417 g/mol. The van der Waals surface area contributed by atoms with E-state index in [2.05, 4.69) is 41.8 Å². The van der Waals surface area contributed by atoms with Crippen LogP contribution < -0.4 is 4.90 Å². The first kappa shape index (κ1) is 21.8. The molecule has 0 unspecified atom stereocenters. The lowest BCUT2D eigenvalue weighted by Gasteiger charge is -2.38. The smallest absolute Gasteiger partial charge is 0.162 e. The van der Waals surface area contributed by atoms with E-state index in [1.807, 2.05) is 0 Å². The fourth-order valence-corrected chi connectivity index (χ4v) is 4.95. The number of carbonyl (C=O) groups excluding carboxylic acids is 1. The molecule has 1 fully saturated rings. The zero-order valence-electron chi connectivity index (χ0n) is 17.2. The molecule has 0 N–H and O–H groups in total. The second-order valence-corrected chi connectivity index (χ2v) is 8.15. The monoisotopic (exact) mass is 416 g/mol. The van der Waals surface area contributed by atoms with E-state index in [1.54, 1.807) is 12.1 Å². The van der Waals surface area contributed by atoms with E-state index in [4.69, 9.17) is 0 Å². The zero-order chi connectivity index (χ0) is 19.7. The van der Waals surface area contributed by atoms with Crippen LogP contribution in [0.3, 0.4) is 0 Å². The predicted molar refractivity (Wildman–Crippen MR) is 119 cm³/mol. The number of benzene rings is 2. The Morgan fingerprint density at radius 3 is 2.66 bits per heavy atom. The van der Waals surface area contributed by atoms with Gasteiger partial charge in [-0.2, -0.15) is 0 Å². The van der Waals surface area contributed by atoms with Crippen LogP contribution in [0.15, 0.2) is 42.5 Å². The Hall–Kier alpha value is -1.91. The summed E-state index contributed by atoms with van der Waals surface area (Å²) in [6.07, 6.45) is 2.55. The van der Waals surface area contributed by atoms with Gasteiger partial charge >= 0.3 is 0 Å². The lowest BCUT2D eigenvalue weighted by Crippen LogP contribution is -2.46. The normalized spacial score (nSPS) is 20.7. The van der Waals surface area contributed by atoms with Gasteiger partial charge < -0.3 is 9.80 Å². The molecule has 0 saturated carbocycles. The first-order valence-corrected chi connectivity index (χ1v) is 10.4. The zero-order valence-corrected chi connectivity index (χ0v) is 18.1. The Labute approximate surface area is 179 Å². The molecule has 0 spiro atoms. The molecule has 5 heteroatoms. The number of fused-ring (bicyclic) bond motifs is 3. The molecule has 2 aromatic rings. The summed E-state index contributed by atoms with van der Waals surface area (Å²) in [4.78, 5) is 17.4. The van der Waals surface area contributed by atoms with Gasteiger partial charge in [0, 0.05) is 49.3 Å². The lowest BCUT2D eigenvalue weighted by atomic mass is 9.88. The van der Waals surface area contributed by atoms with E-state index in [0.717, 1.165) is 32.6 Å². The minimum Gasteiger partial charge on any atom is -0.368 e. The van der Waals surface area contributed by atoms with Crippen LogP contribution in [-0.4, -0.2) is 42.9 Å². The minimum atomic E-state index is -0.298. The van der Waals surface area contributed by atoms with Crippen LogP contribution in [0.25, 0.3) is 0 Å². The second-order valence-electron chi connectivity index (χ2n) is 8.15. The van der Waals surface area contributed by atoms with Crippen molar-refractivity contribution in [1.29, 1.82) is 0 Å². The van der Waals surface area contributed by atoms with Gasteiger partial charge in [0.05, 0.1) is 0 Å². The van der Waals surface area contributed by atoms with Gasteiger partial charge in [0.15, 0.2) is 5.78 Å². The summed E-state index contributed by atoms with van der Waals surface area (Å²) in [6.45, 7) is 8.59. The molecule has 2 heterocycles. The molecule has 0 amide bonds. The van der Waals surface area contributed by atoms with Gasteiger partial charge in [0.2, 0.25) is 0 Å². The number of hydrogen-bond donors (Lipinski definition) is 0. The first-order chi connectivity index (χ1) is 13.6. The van der Waals surface area contributed by atoms with Crippen molar-refractivity contribution in [3.05, 3.63) is 65.0 Å². The van der Waals surface area contributed by atoms with E-state index < -0.39 is 0 Å². The number of Topliss-reactive ketones (excluding diaryl/α,β-unsaturated/α-hetero) is 1. The number of rotatable bonds is 6. The van der Waals surface area contributed by atoms with Crippen molar-refractivity contribution >= 4 is 23.9 Å². The third-order valence-electron chi connectivity index (χ3n) is 6.34. The van der Waals surface area contributed by atoms with Crippen LogP contribution in [0.5, 0.6) is 0 Å². The summed E-state index contributed by atoms with van der Waals surface area (Å²) >= 11 is 0. The maximum Gasteiger partial charge on any atom is 0.162 e. The molecule has 29 heavy (non-hydrogen) atoms. The van der Waals surface area contributed by atoms with Crippen molar-refractivity contribution in [1.82, 2.24) is 4.90 Å². The topological polar surface area (TPSA) is 23.6 Å². The summed E-state index contributed by atoms with van der Waals surface area (Å²) in [7, 11) is 0. The Kier molecular flexibility index (Phi) is 6.97. The third-order valence-corrected chi connectivity index (χ3v) is 6.34. The van der Waals surface area contributed by atoms with Gasteiger partial charge in [-0.1, -0.05) is 17.7 Å². The molecule has 156 valence electrons. The van der Waals surface area contributed by atoms with Gasteiger partial charge in [-0.3, -0.25) is 4.79 Å². The highest BCUT2D eigenvalue weighted by Crippen LogP contribution is 2.44. The lowest BCUT2D eigenvalue weighted by molar-refractivity contribution is 0.0971. The van der Waals surface area contributed by atoms with Crippen molar-refractivity contribution in [2.24, 2.45) is 0 Å². The number of ketones is 1. The van der Waals surface area contributed by atoms with Crippen LogP contribution >= 0.6 is 12.4 Å². The van der Waals surface area contributed by atoms with Gasteiger partial charge in [-0.15, -0.1) is 12.4 Å². The van der Waals surface area contributed by atoms with Gasteiger partial charge in [0.1, 0.15) is 5.82 Å². The Balaban J connectivity index is 0.00000240. The summed E-state index contributed by atoms with van der Waals surface area (Å²) in [6, 6.07) is 13.4. The molecule has 3 nitrogen and oxygen atoms in total. The predicted octanol–water partition coefficient (Wildman–Crippen LogP) is 5.22. The Bertz CT molecular complexity index is 854. The average Bonchev–Trinajstić information content (AvgIpc) is 3.00. The second kappa shape index (κ2) is 9.27. The molecular weight excluding hydrogens is 387 g/mol. The van der Waals surface area contributed by atoms with Gasteiger partial charge in [-0.25, -0.2) is 4.39 Å². The first-order valence-electron chi connectivity index (χ1n) is 10.4. The van der Waals surface area contributed by atoms with Crippen LogP contribution in [0.1, 0.15) is 53.6 Å². The number of nitrogens with zero attached hydrogens (tertiary/aromatic N) is 2. The van der Waals surface area contributed by atoms with E-state index in [0.29, 0.717) is 23.9 Å². The van der Waals surface area contributed by atoms with Gasteiger partial charge in [0.25, 0.3) is 0 Å². The standard InChI is InChI=1S/C24H29FN2O.ClH/c1-3-27-22-11-6-17(2)15-20(22)21-16-26(14-12-23(21)27)13-4-5-24(28)18-7-9-19(25)10-8-18;/h6-11,15,21,23H,3-5,12-14,16H2,1-2H3;1H/t21-,23-;/m1./s1. The molecule has 0 bridgehead atoms. The molecule has 2 aliphatic rings. The molecule has 2 aliphatic heterocycles. The van der Waals surface area contributed by atoms with E-state index in [-0.39, 0.29) is 24.0 Å². The van der Waals surface area contributed by atoms with E-state index in [1.165, 1.54) is 35.4 Å². The number of likely N-dealkylation sites (N-methyl/N-ethyl adjacent to an activating group) is 1. The molecule has 0 radical (unpaired) electrons. The van der Waals surface area contributed by atoms with Crippen molar-refractivity contribution in [2.75, 3.05) is 31.1 Å². The molecule has 4 rings (SSSR count). The number of anilines is 1. The van der Waals surface area contributed by atoms with Crippen molar-refractivity contribution < 1.29 is 9.18 Å². The van der Waals surface area contributed by atoms with Crippen molar-refractivity contribution in [2.45, 2.75) is 45.1 Å². The number of carbonyl (C=O) groups is 1. The quantitative estimate of drug-likeness (QED) is 0.603. The van der Waals surface area contributed by atoms with E-state index in [9.17, 15) is 9.18 Å². The number of aryl methyl sites for hydroxylation is 1. The minimum absolute atomic E-state index is 0. The summed E-state index contributed by atoms with van der Waals surface area (Å²) < 4.78 is 13.0. The van der Waals surface area contributed by atoms with Crippen LogP contribution in [0.2, 0.25) is 0 Å². The summed E-state index contributed by atoms with van der Waals surface area (Å²) in [5, 5.41) is 0. The molecule has 0 aromatic heterocycles. The summed E-state index contributed by atoms with van der Waals surface area (Å²) in [5.74, 6) is 0.373. The Morgan fingerprint density at radius 1 is 1.17 bits per heavy atom. The van der Waals surface area contributed by atoms with Crippen LogP contribution in [-0.2, 0) is 0 Å². The number of piperidine rings is 1. The fourth-order valence-electron chi connectivity index (χ4n) is 4.95. The highest BCUT2D eigenvalue weighted by atomic mass is 35.5.